The van der Waals surface area contributed by atoms with Crippen LogP contribution in [-0.4, -0.2) is 17.0 Å². The number of hydrogen-bond acceptors (Lipinski definition) is 4. The Morgan fingerprint density at radius 3 is 2.11 bits per heavy atom. The van der Waals surface area contributed by atoms with Gasteiger partial charge in [0.05, 0.1) is 6.21 Å². The van der Waals surface area contributed by atoms with Crippen molar-refractivity contribution in [1.29, 1.82) is 10.8 Å². The van der Waals surface area contributed by atoms with Gasteiger partial charge in [0, 0.05) is 6.54 Å². The highest BCUT2D eigenvalue weighted by atomic mass is 19.1. The van der Waals surface area contributed by atoms with Gasteiger partial charge in [0.1, 0.15) is 29.1 Å². The van der Waals surface area contributed by atoms with Crippen LogP contribution in [0.5, 0.6) is 0 Å². The Morgan fingerprint density at radius 1 is 0.889 bits per heavy atom. The molecule has 0 spiro atoms. The minimum absolute atomic E-state index is 0.108. The number of nitrogens with one attached hydrogen (secondary N) is 4. The summed E-state index contributed by atoms with van der Waals surface area (Å²) < 4.78 is 26.2. The van der Waals surface area contributed by atoms with Gasteiger partial charge in [-0.15, -0.1) is 0 Å². The molecule has 0 aliphatic carbocycles. The summed E-state index contributed by atoms with van der Waals surface area (Å²) in [7, 11) is 0. The van der Waals surface area contributed by atoms with E-state index < -0.39 is 0 Å². The summed E-state index contributed by atoms with van der Waals surface area (Å²) in [6.07, 6.45) is 0.873. The molecule has 0 radical (unpaired) electrons. The molecule has 1 heterocycles. The number of nitrogens with zero attached hydrogens (tertiary/aromatic N) is 1. The molecule has 3 aromatic rings. The van der Waals surface area contributed by atoms with E-state index in [1.165, 1.54) is 24.3 Å². The zero-order valence-corrected chi connectivity index (χ0v) is 14.3. The maximum Gasteiger partial charge on any atom is 0.141 e. The van der Waals surface area contributed by atoms with Crippen molar-refractivity contribution >= 4 is 23.7 Å². The first-order chi connectivity index (χ1) is 13.0. The number of benzene rings is 2. The lowest BCUT2D eigenvalue weighted by Crippen LogP contribution is -2.13. The van der Waals surface area contributed by atoms with Crippen molar-refractivity contribution in [3.05, 3.63) is 77.9 Å². The zero-order valence-electron chi connectivity index (χ0n) is 14.3. The van der Waals surface area contributed by atoms with Gasteiger partial charge in [-0.25, -0.2) is 13.8 Å². The molecule has 0 amide bonds. The fraction of sp³-hybridized carbons (Fsp3) is 0.0500. The lowest BCUT2D eigenvalue weighted by molar-refractivity contribution is 0.627. The Hall–Kier alpha value is -3.61. The second-order valence-electron chi connectivity index (χ2n) is 5.80. The lowest BCUT2D eigenvalue weighted by atomic mass is 10.1. The van der Waals surface area contributed by atoms with Crippen LogP contribution in [0, 0.1) is 22.5 Å². The fourth-order valence-corrected chi connectivity index (χ4v) is 2.46. The third-order valence-corrected chi connectivity index (χ3v) is 3.80. The van der Waals surface area contributed by atoms with E-state index in [1.807, 2.05) is 0 Å². The van der Waals surface area contributed by atoms with Crippen LogP contribution >= 0.6 is 0 Å². The molecule has 0 saturated heterocycles. The molecule has 0 fully saturated rings. The molecule has 0 bridgehead atoms. The summed E-state index contributed by atoms with van der Waals surface area (Å²) in [5.74, 6) is 0.176. The molecule has 4 N–H and O–H groups in total. The molecule has 5 nitrogen and oxygen atoms in total. The Morgan fingerprint density at radius 2 is 1.48 bits per heavy atom. The molecule has 0 atom stereocenters. The third-order valence-electron chi connectivity index (χ3n) is 3.80. The van der Waals surface area contributed by atoms with Crippen LogP contribution in [0.1, 0.15) is 5.56 Å². The van der Waals surface area contributed by atoms with Crippen molar-refractivity contribution < 1.29 is 8.78 Å². The Balaban J connectivity index is 1.88. The Bertz CT molecular complexity index is 953. The molecule has 27 heavy (non-hydrogen) atoms. The molecule has 7 heteroatoms. The number of hydrogen-bond donors (Lipinski definition) is 4. The number of rotatable bonds is 6. The van der Waals surface area contributed by atoms with Crippen molar-refractivity contribution in [2.75, 3.05) is 10.6 Å². The molecule has 1 aromatic heterocycles. The van der Waals surface area contributed by atoms with Gasteiger partial charge in [0.25, 0.3) is 0 Å². The van der Waals surface area contributed by atoms with Crippen LogP contribution in [0.3, 0.4) is 0 Å². The summed E-state index contributed by atoms with van der Waals surface area (Å²) in [4.78, 5) is 4.38. The van der Waals surface area contributed by atoms with Crippen LogP contribution in [0.25, 0.3) is 11.1 Å². The molecule has 0 aliphatic heterocycles. The number of aromatic nitrogens is 1. The van der Waals surface area contributed by atoms with Crippen molar-refractivity contribution in [3.63, 3.8) is 0 Å². The fourth-order valence-electron chi connectivity index (χ4n) is 2.46. The van der Waals surface area contributed by atoms with E-state index in [4.69, 9.17) is 10.8 Å². The van der Waals surface area contributed by atoms with Gasteiger partial charge < -0.3 is 16.0 Å². The van der Waals surface area contributed by atoms with Crippen molar-refractivity contribution in [1.82, 2.24) is 4.98 Å². The van der Waals surface area contributed by atoms with E-state index in [0.29, 0.717) is 18.2 Å². The maximum atomic E-state index is 13.2. The van der Waals surface area contributed by atoms with Gasteiger partial charge in [0.15, 0.2) is 0 Å². The number of amidine groups is 1. The largest absolute Gasteiger partial charge is 0.366 e. The predicted molar refractivity (Wildman–Crippen MR) is 103 cm³/mol. The summed E-state index contributed by atoms with van der Waals surface area (Å²) in [5.41, 5.74) is 2.44. The summed E-state index contributed by atoms with van der Waals surface area (Å²) in [5, 5.41) is 20.6. The number of halogens is 2. The minimum atomic E-state index is -0.327. The maximum absolute atomic E-state index is 13.2. The van der Waals surface area contributed by atoms with E-state index in [1.54, 1.807) is 36.4 Å². The van der Waals surface area contributed by atoms with Gasteiger partial charge in [-0.1, -0.05) is 24.3 Å². The Labute approximate surface area is 155 Å². The molecular weight excluding hydrogens is 348 g/mol. The van der Waals surface area contributed by atoms with E-state index in [9.17, 15) is 8.78 Å². The lowest BCUT2D eigenvalue weighted by Gasteiger charge is -2.12. The first-order valence-electron chi connectivity index (χ1n) is 8.16. The average molecular weight is 365 g/mol. The topological polar surface area (TPSA) is 84.7 Å². The van der Waals surface area contributed by atoms with E-state index in [2.05, 4.69) is 15.6 Å². The minimum Gasteiger partial charge on any atom is -0.366 e. The second-order valence-corrected chi connectivity index (χ2v) is 5.80. The predicted octanol–water partition coefficient (Wildman–Crippen LogP) is 4.68. The first-order valence-corrected chi connectivity index (χ1v) is 8.16. The summed E-state index contributed by atoms with van der Waals surface area (Å²) in [6.45, 7) is 0.432. The smallest absolute Gasteiger partial charge is 0.141 e. The van der Waals surface area contributed by atoms with E-state index >= 15 is 0 Å². The van der Waals surface area contributed by atoms with E-state index in [0.717, 1.165) is 22.9 Å². The molecule has 2 aromatic carbocycles. The average Bonchev–Trinajstić information content (AvgIpc) is 2.68. The molecule has 3 rings (SSSR count). The van der Waals surface area contributed by atoms with Crippen molar-refractivity contribution in [2.24, 2.45) is 0 Å². The van der Waals surface area contributed by atoms with Crippen LogP contribution < -0.4 is 10.6 Å². The van der Waals surface area contributed by atoms with Gasteiger partial charge in [-0.2, -0.15) is 0 Å². The van der Waals surface area contributed by atoms with Crippen molar-refractivity contribution in [3.8, 4) is 11.1 Å². The molecule has 0 saturated carbocycles. The highest BCUT2D eigenvalue weighted by Crippen LogP contribution is 2.25. The highest BCUT2D eigenvalue weighted by Gasteiger charge is 2.07. The van der Waals surface area contributed by atoms with Crippen LogP contribution in [-0.2, 0) is 6.54 Å². The normalized spacial score (nSPS) is 10.3. The Kier molecular flexibility index (Phi) is 5.51. The van der Waals surface area contributed by atoms with Crippen LogP contribution in [0.2, 0.25) is 0 Å². The van der Waals surface area contributed by atoms with Crippen LogP contribution in [0.15, 0.2) is 60.7 Å². The molecule has 0 aliphatic rings. The number of pyridine rings is 1. The van der Waals surface area contributed by atoms with Gasteiger partial charge in [-0.05, 0) is 53.1 Å². The highest BCUT2D eigenvalue weighted by molar-refractivity contribution is 6.32. The zero-order chi connectivity index (χ0) is 19.2. The molecular formula is C20H17F2N5. The second kappa shape index (κ2) is 8.18. The van der Waals surface area contributed by atoms with E-state index in [-0.39, 0.29) is 17.5 Å². The van der Waals surface area contributed by atoms with Crippen LogP contribution in [0.4, 0.5) is 20.4 Å². The SMILES string of the molecule is N=CC(=N)Nc1cc(-c2ccc(F)cc2)cc(NCc2ccc(F)cc2)n1. The summed E-state index contributed by atoms with van der Waals surface area (Å²) in [6, 6.07) is 15.7. The first kappa shape index (κ1) is 18.2. The van der Waals surface area contributed by atoms with Gasteiger partial charge in [0.2, 0.25) is 0 Å². The van der Waals surface area contributed by atoms with Crippen molar-refractivity contribution in [2.45, 2.75) is 6.54 Å². The van der Waals surface area contributed by atoms with Gasteiger partial charge >= 0.3 is 0 Å². The van der Waals surface area contributed by atoms with Gasteiger partial charge in [-0.3, -0.25) is 5.41 Å². The summed E-state index contributed by atoms with van der Waals surface area (Å²) >= 11 is 0. The third kappa shape index (κ3) is 4.94. The monoisotopic (exact) mass is 365 g/mol. The molecule has 0 unspecified atom stereocenters. The molecule has 136 valence electrons. The standard InChI is InChI=1S/C20H17F2N5/c21-16-5-1-13(2-6-16)12-25-19-9-15(14-3-7-17(22)8-4-14)10-20(27-19)26-18(24)11-23/h1-11,23H,12H2,(H3,24,25,26,27). The quantitative estimate of drug-likeness (QED) is 0.378. The number of anilines is 2.